The number of benzene rings is 3. The highest BCUT2D eigenvalue weighted by molar-refractivity contribution is 5.92. The molecule has 2 heterocycles. The van der Waals surface area contributed by atoms with Gasteiger partial charge in [0.05, 0.1) is 41.6 Å². The van der Waals surface area contributed by atoms with E-state index in [1.54, 1.807) is 79.7 Å². The molecular weight excluding hydrogens is 969 g/mol. The van der Waals surface area contributed by atoms with Crippen LogP contribution in [0.3, 0.4) is 0 Å². The Balaban J connectivity index is 0.781. The molecule has 0 spiro atoms. The summed E-state index contributed by atoms with van der Waals surface area (Å²) in [5.41, 5.74) is 0.904. The van der Waals surface area contributed by atoms with E-state index in [0.717, 1.165) is 44.9 Å². The second-order valence-electron chi connectivity index (χ2n) is 24.0. The molecule has 4 aliphatic carbocycles. The van der Waals surface area contributed by atoms with Gasteiger partial charge in [0.25, 0.3) is 0 Å². The van der Waals surface area contributed by atoms with Crippen molar-refractivity contribution in [3.05, 3.63) is 108 Å². The first-order valence-corrected chi connectivity index (χ1v) is 28.1. The van der Waals surface area contributed by atoms with E-state index >= 15 is 0 Å². The van der Waals surface area contributed by atoms with Crippen LogP contribution in [0.15, 0.2) is 91.0 Å². The Morgan fingerprint density at radius 2 is 1.28 bits per heavy atom. The largest absolute Gasteiger partial charge is 0.459 e. The Morgan fingerprint density at radius 1 is 0.684 bits per heavy atom. The molecular formula is C62H80O14. The molecule has 12 unspecified atom stereocenters. The minimum atomic E-state index is -1.07. The van der Waals surface area contributed by atoms with Crippen molar-refractivity contribution in [2.45, 2.75) is 168 Å². The first-order chi connectivity index (χ1) is 36.4. The van der Waals surface area contributed by atoms with Gasteiger partial charge in [-0.2, -0.15) is 0 Å². The Hall–Kier alpha value is -4.83. The molecule has 3 aromatic rings. The standard InChI is InChI=1S/C62H80O14/c1-35(33-71-60-55(76-58(69)42-21-15-10-16-22-42)54(36(2)39(5)72-60)75-57(68)41-19-13-9-14-20-41)23-26-48(63)37(3)51-49(64)32-47-45-25-24-43-31-44(27-29-61(43,6)46(45)28-30-62(47,51)7)73-59-53(66)38(4)52(65)50(74-59)34-70-56(67)40-17-11-8-12-18-40/h8-22,35-39,43-47,50-55,59-60,65-66H,23-34H2,1-7H3/t35-,36-,37+,38-,39?,43?,44?,45?,46?,47?,50?,51?,52+,53?,54+,55?,59+,60+,61?,62?/m0/s1. The highest BCUT2D eigenvalue weighted by Crippen LogP contribution is 2.68. The first-order valence-electron chi connectivity index (χ1n) is 28.1. The van der Waals surface area contributed by atoms with Gasteiger partial charge in [0.1, 0.15) is 36.5 Å². The van der Waals surface area contributed by atoms with Crippen molar-refractivity contribution in [2.75, 3.05) is 13.2 Å². The second-order valence-corrected chi connectivity index (χ2v) is 24.0. The molecule has 2 aliphatic heterocycles. The number of hydrogen-bond acceptors (Lipinski definition) is 14. The van der Waals surface area contributed by atoms with E-state index in [-0.39, 0.29) is 65.4 Å². The van der Waals surface area contributed by atoms with Gasteiger partial charge < -0.3 is 43.4 Å². The van der Waals surface area contributed by atoms with Crippen LogP contribution in [-0.4, -0.2) is 108 Å². The third-order valence-electron chi connectivity index (χ3n) is 19.4. The van der Waals surface area contributed by atoms with E-state index < -0.39 is 78.9 Å². The summed E-state index contributed by atoms with van der Waals surface area (Å²) in [7, 11) is 0. The minimum absolute atomic E-state index is 0.0601. The number of aliphatic hydroxyl groups excluding tert-OH is 2. The average molecular weight is 1050 g/mol. The molecule has 0 bridgehead atoms. The Kier molecular flexibility index (Phi) is 17.4. The highest BCUT2D eigenvalue weighted by Gasteiger charge is 2.64. The zero-order valence-corrected chi connectivity index (χ0v) is 45.3. The summed E-state index contributed by atoms with van der Waals surface area (Å²) >= 11 is 0. The molecule has 4 saturated carbocycles. The zero-order valence-electron chi connectivity index (χ0n) is 45.3. The number of Topliss-reactive ketones (excluding diaryl/α,β-unsaturated/α-hetero) is 2. The number of fused-ring (bicyclic) bond motifs is 5. The molecule has 76 heavy (non-hydrogen) atoms. The molecule has 0 amide bonds. The van der Waals surface area contributed by atoms with E-state index in [2.05, 4.69) is 13.8 Å². The van der Waals surface area contributed by atoms with E-state index in [9.17, 15) is 34.2 Å². The van der Waals surface area contributed by atoms with E-state index in [4.69, 9.17) is 33.2 Å². The van der Waals surface area contributed by atoms with E-state index in [1.165, 1.54) is 0 Å². The predicted octanol–water partition coefficient (Wildman–Crippen LogP) is 9.62. The van der Waals surface area contributed by atoms with Gasteiger partial charge in [-0.05, 0) is 135 Å². The Morgan fingerprint density at radius 3 is 1.91 bits per heavy atom. The number of carbonyl (C=O) groups excluding carboxylic acids is 5. The van der Waals surface area contributed by atoms with Gasteiger partial charge >= 0.3 is 17.9 Å². The normalized spacial score (nSPS) is 37.8. The summed E-state index contributed by atoms with van der Waals surface area (Å²) in [6, 6.07) is 25.9. The molecule has 14 heteroatoms. The molecule has 20 atom stereocenters. The number of hydrogen-bond donors (Lipinski definition) is 2. The van der Waals surface area contributed by atoms with Crippen molar-refractivity contribution in [2.24, 2.45) is 64.1 Å². The monoisotopic (exact) mass is 1050 g/mol. The highest BCUT2D eigenvalue weighted by atomic mass is 16.7. The van der Waals surface area contributed by atoms with Crippen LogP contribution in [0, 0.1) is 64.1 Å². The third kappa shape index (κ3) is 11.5. The lowest BCUT2D eigenvalue weighted by Gasteiger charge is -2.61. The van der Waals surface area contributed by atoms with E-state index in [1.807, 2.05) is 45.9 Å². The van der Waals surface area contributed by atoms with Crippen LogP contribution in [0.25, 0.3) is 0 Å². The molecule has 6 aliphatic rings. The second kappa shape index (κ2) is 23.6. The van der Waals surface area contributed by atoms with Gasteiger partial charge in [-0.15, -0.1) is 0 Å². The maximum absolute atomic E-state index is 14.3. The molecule has 14 nitrogen and oxygen atoms in total. The van der Waals surface area contributed by atoms with Gasteiger partial charge in [0.2, 0.25) is 0 Å². The number of aliphatic hydroxyl groups is 2. The fourth-order valence-corrected chi connectivity index (χ4v) is 14.6. The minimum Gasteiger partial charge on any atom is -0.459 e. The van der Waals surface area contributed by atoms with Gasteiger partial charge in [-0.25, -0.2) is 14.4 Å². The van der Waals surface area contributed by atoms with Crippen molar-refractivity contribution >= 4 is 29.5 Å². The Bertz CT molecular complexity index is 2490. The van der Waals surface area contributed by atoms with Crippen LogP contribution >= 0.6 is 0 Å². The van der Waals surface area contributed by atoms with Crippen LogP contribution in [0.5, 0.6) is 0 Å². The maximum Gasteiger partial charge on any atom is 0.338 e. The van der Waals surface area contributed by atoms with Crippen molar-refractivity contribution < 1.29 is 67.3 Å². The van der Waals surface area contributed by atoms with Crippen LogP contribution in [-0.2, 0) is 42.7 Å². The molecule has 0 radical (unpaired) electrons. The summed E-state index contributed by atoms with van der Waals surface area (Å²) in [6.45, 7) is 14.2. The third-order valence-corrected chi connectivity index (χ3v) is 19.4. The van der Waals surface area contributed by atoms with Gasteiger partial charge in [-0.1, -0.05) is 96.1 Å². The number of ether oxygens (including phenoxy) is 7. The zero-order chi connectivity index (χ0) is 54.1. The summed E-state index contributed by atoms with van der Waals surface area (Å²) in [5, 5.41) is 22.2. The fraction of sp³-hybridized carbons (Fsp3) is 0.629. The maximum atomic E-state index is 14.3. The summed E-state index contributed by atoms with van der Waals surface area (Å²) in [4.78, 5) is 68.1. The van der Waals surface area contributed by atoms with Gasteiger partial charge in [0, 0.05) is 36.5 Å². The van der Waals surface area contributed by atoms with Crippen LogP contribution in [0.4, 0.5) is 0 Å². The number of carbonyl (C=O) groups is 5. The Labute approximate surface area is 448 Å². The van der Waals surface area contributed by atoms with Crippen molar-refractivity contribution in [1.82, 2.24) is 0 Å². The quantitative estimate of drug-likeness (QED) is 0.0738. The molecule has 0 aromatic heterocycles. The topological polar surface area (TPSA) is 190 Å². The average Bonchev–Trinajstić information content (AvgIpc) is 3.87. The molecule has 9 rings (SSSR count). The molecule has 2 N–H and O–H groups in total. The van der Waals surface area contributed by atoms with Gasteiger partial charge in [0.15, 0.2) is 18.7 Å². The molecule has 412 valence electrons. The lowest BCUT2D eigenvalue weighted by Crippen LogP contribution is -2.57. The number of rotatable bonds is 17. The predicted molar refractivity (Wildman–Crippen MR) is 280 cm³/mol. The molecule has 3 aromatic carbocycles. The first kappa shape index (κ1) is 55.9. The van der Waals surface area contributed by atoms with Crippen molar-refractivity contribution in [3.63, 3.8) is 0 Å². The van der Waals surface area contributed by atoms with Crippen LogP contribution in [0.2, 0.25) is 0 Å². The van der Waals surface area contributed by atoms with Gasteiger partial charge in [-0.3, -0.25) is 9.59 Å². The van der Waals surface area contributed by atoms with Crippen LogP contribution in [0.1, 0.15) is 144 Å². The summed E-state index contributed by atoms with van der Waals surface area (Å²) in [6.07, 6.45) is 0.397. The summed E-state index contributed by atoms with van der Waals surface area (Å²) < 4.78 is 43.2. The lowest BCUT2D eigenvalue weighted by atomic mass is 9.44. The summed E-state index contributed by atoms with van der Waals surface area (Å²) in [5.74, 6) is -1.65. The number of ketones is 2. The lowest BCUT2D eigenvalue weighted by molar-refractivity contribution is -0.305. The fourth-order valence-electron chi connectivity index (χ4n) is 14.6. The number of esters is 3. The van der Waals surface area contributed by atoms with Crippen molar-refractivity contribution in [3.8, 4) is 0 Å². The molecule has 2 saturated heterocycles. The molecule has 6 fully saturated rings. The van der Waals surface area contributed by atoms with E-state index in [0.29, 0.717) is 53.7 Å². The van der Waals surface area contributed by atoms with Crippen LogP contribution < -0.4 is 0 Å². The van der Waals surface area contributed by atoms with Crippen molar-refractivity contribution in [1.29, 1.82) is 0 Å². The smallest absolute Gasteiger partial charge is 0.338 e. The SMILES string of the molecule is CC1O[C@@H](OC[C@@H](C)CCC(=O)[C@@H](C)C2C(=O)CC3C4CCC5CC(O[C@@H]6OC(COC(=O)c7ccccc7)[C@H](O)[C@H](C)C6O)CCC5(C)C4CCC32C)C(OC(=O)c2ccccc2)[C@H](OC(=O)c2ccccc2)[C@H]1C.